The normalized spacial score (nSPS) is 36.7. The lowest BCUT2D eigenvalue weighted by atomic mass is 9.93. The van der Waals surface area contributed by atoms with E-state index >= 15 is 0 Å². The topological polar surface area (TPSA) is 43.9 Å². The number of rotatable bonds is 4. The largest absolute Gasteiger partial charge is 0.299 e. The van der Waals surface area contributed by atoms with Crippen LogP contribution in [0, 0.1) is 11.8 Å². The molecule has 2 amide bonds. The van der Waals surface area contributed by atoms with E-state index in [1.807, 2.05) is 0 Å². The molecule has 0 N–H and O–H groups in total. The van der Waals surface area contributed by atoms with Crippen molar-refractivity contribution in [3.05, 3.63) is 0 Å². The number of imide groups is 1. The molecule has 0 aromatic heterocycles. The molecular formula is C17H27N3O2. The standard InChI is InChI=1S/C17H27N3O2/c21-16-3-4-17(22)20(16)10-7-18-5-8-19(9-6-18)15-12-13-1-2-14(15)11-13/h13-15H,1-12H2/t13-,14+,15-/m0/s1. The number of carbonyl (C=O) groups excluding carboxylic acids is 2. The summed E-state index contributed by atoms with van der Waals surface area (Å²) in [4.78, 5) is 29.9. The number of hydrogen-bond donors (Lipinski definition) is 0. The lowest BCUT2D eigenvalue weighted by molar-refractivity contribution is -0.138. The van der Waals surface area contributed by atoms with Crippen LogP contribution in [0.15, 0.2) is 0 Å². The summed E-state index contributed by atoms with van der Waals surface area (Å²) in [5, 5.41) is 0. The van der Waals surface area contributed by atoms with E-state index < -0.39 is 0 Å². The van der Waals surface area contributed by atoms with Crippen molar-refractivity contribution >= 4 is 11.8 Å². The maximum atomic E-state index is 11.6. The van der Waals surface area contributed by atoms with Crippen molar-refractivity contribution in [2.75, 3.05) is 39.3 Å². The van der Waals surface area contributed by atoms with Gasteiger partial charge in [0.05, 0.1) is 0 Å². The van der Waals surface area contributed by atoms with Crippen molar-refractivity contribution in [2.45, 2.75) is 44.6 Å². The molecule has 0 aromatic rings. The van der Waals surface area contributed by atoms with Crippen LogP contribution in [0.25, 0.3) is 0 Å². The average Bonchev–Trinajstić information content (AvgIpc) is 3.23. The van der Waals surface area contributed by atoms with E-state index in [-0.39, 0.29) is 11.8 Å². The zero-order chi connectivity index (χ0) is 15.1. The summed E-state index contributed by atoms with van der Waals surface area (Å²) in [5.41, 5.74) is 0. The van der Waals surface area contributed by atoms with Crippen LogP contribution in [-0.4, -0.2) is 71.8 Å². The highest BCUT2D eigenvalue weighted by Gasteiger charge is 2.42. The zero-order valence-electron chi connectivity index (χ0n) is 13.4. The first-order chi connectivity index (χ1) is 10.7. The van der Waals surface area contributed by atoms with E-state index in [0.717, 1.165) is 50.6 Å². The van der Waals surface area contributed by atoms with Gasteiger partial charge >= 0.3 is 0 Å². The molecule has 2 aliphatic carbocycles. The summed E-state index contributed by atoms with van der Waals surface area (Å²) >= 11 is 0. The fourth-order valence-electron chi connectivity index (χ4n) is 5.09. The third-order valence-electron chi connectivity index (χ3n) is 6.37. The second-order valence-corrected chi connectivity index (χ2v) is 7.56. The van der Waals surface area contributed by atoms with Crippen molar-refractivity contribution in [1.29, 1.82) is 0 Å². The van der Waals surface area contributed by atoms with Gasteiger partial charge in [0.25, 0.3) is 0 Å². The van der Waals surface area contributed by atoms with Crippen LogP contribution in [0.5, 0.6) is 0 Å². The third kappa shape index (κ3) is 2.69. The van der Waals surface area contributed by atoms with Gasteiger partial charge in [0.15, 0.2) is 0 Å². The number of carbonyl (C=O) groups is 2. The van der Waals surface area contributed by atoms with Crippen LogP contribution in [0.1, 0.15) is 38.5 Å². The van der Waals surface area contributed by atoms with E-state index in [1.165, 1.54) is 30.6 Å². The quantitative estimate of drug-likeness (QED) is 0.725. The SMILES string of the molecule is O=C1CCC(=O)N1CCN1CCN([C@H]2C[C@H]3CC[C@@H]2C3)CC1. The first-order valence-corrected chi connectivity index (χ1v) is 9.00. The average molecular weight is 305 g/mol. The molecule has 0 spiro atoms. The maximum absolute atomic E-state index is 11.6. The van der Waals surface area contributed by atoms with Crippen LogP contribution in [0.3, 0.4) is 0 Å². The highest BCUT2D eigenvalue weighted by Crippen LogP contribution is 2.46. The molecule has 2 heterocycles. The van der Waals surface area contributed by atoms with Crippen molar-refractivity contribution in [1.82, 2.24) is 14.7 Å². The number of fused-ring (bicyclic) bond motifs is 2. The molecule has 2 aliphatic heterocycles. The Bertz CT molecular complexity index is 443. The van der Waals surface area contributed by atoms with E-state index in [1.54, 1.807) is 0 Å². The Labute approximate surface area is 132 Å². The Hall–Kier alpha value is -0.940. The van der Waals surface area contributed by atoms with Crippen LogP contribution >= 0.6 is 0 Å². The highest BCUT2D eigenvalue weighted by atomic mass is 16.2. The fourth-order valence-corrected chi connectivity index (χ4v) is 5.09. The van der Waals surface area contributed by atoms with Gasteiger partial charge in [0, 0.05) is 58.2 Å². The molecule has 5 heteroatoms. The molecule has 0 unspecified atom stereocenters. The van der Waals surface area contributed by atoms with E-state index in [0.29, 0.717) is 19.4 Å². The molecule has 2 saturated heterocycles. The number of likely N-dealkylation sites (tertiary alicyclic amines) is 1. The molecular weight excluding hydrogens is 278 g/mol. The molecule has 3 atom stereocenters. The van der Waals surface area contributed by atoms with Crippen LogP contribution in [0.2, 0.25) is 0 Å². The smallest absolute Gasteiger partial charge is 0.229 e. The summed E-state index contributed by atoms with van der Waals surface area (Å²) in [6.45, 7) is 5.94. The molecule has 22 heavy (non-hydrogen) atoms. The molecule has 4 fully saturated rings. The maximum Gasteiger partial charge on any atom is 0.229 e. The lowest BCUT2D eigenvalue weighted by Gasteiger charge is -2.41. The van der Waals surface area contributed by atoms with Crippen molar-refractivity contribution < 1.29 is 9.59 Å². The van der Waals surface area contributed by atoms with E-state index in [4.69, 9.17) is 0 Å². The predicted octanol–water partition coefficient (Wildman–Crippen LogP) is 0.942. The van der Waals surface area contributed by atoms with Gasteiger partial charge in [-0.2, -0.15) is 0 Å². The van der Waals surface area contributed by atoms with Gasteiger partial charge in [-0.15, -0.1) is 0 Å². The summed E-state index contributed by atoms with van der Waals surface area (Å²) < 4.78 is 0. The Morgan fingerprint density at radius 1 is 0.864 bits per heavy atom. The van der Waals surface area contributed by atoms with Gasteiger partial charge in [0.2, 0.25) is 11.8 Å². The van der Waals surface area contributed by atoms with Crippen molar-refractivity contribution in [2.24, 2.45) is 11.8 Å². The summed E-state index contributed by atoms with van der Waals surface area (Å²) in [5.74, 6) is 2.02. The van der Waals surface area contributed by atoms with E-state index in [2.05, 4.69) is 9.80 Å². The number of piperazine rings is 1. The van der Waals surface area contributed by atoms with Gasteiger partial charge in [-0.25, -0.2) is 0 Å². The van der Waals surface area contributed by atoms with Crippen LogP contribution in [0.4, 0.5) is 0 Å². The predicted molar refractivity (Wildman–Crippen MR) is 83.2 cm³/mol. The number of amides is 2. The molecule has 122 valence electrons. The first-order valence-electron chi connectivity index (χ1n) is 9.00. The minimum absolute atomic E-state index is 0.0191. The molecule has 2 bridgehead atoms. The number of hydrogen-bond acceptors (Lipinski definition) is 4. The van der Waals surface area contributed by atoms with Crippen LogP contribution in [-0.2, 0) is 9.59 Å². The highest BCUT2D eigenvalue weighted by molar-refractivity contribution is 6.01. The Morgan fingerprint density at radius 3 is 2.18 bits per heavy atom. The van der Waals surface area contributed by atoms with Gasteiger partial charge in [0.1, 0.15) is 0 Å². The monoisotopic (exact) mass is 305 g/mol. The second kappa shape index (κ2) is 5.93. The summed E-state index contributed by atoms with van der Waals surface area (Å²) in [7, 11) is 0. The molecule has 4 aliphatic rings. The minimum Gasteiger partial charge on any atom is -0.299 e. The number of nitrogens with zero attached hydrogens (tertiary/aromatic N) is 3. The zero-order valence-corrected chi connectivity index (χ0v) is 13.4. The lowest BCUT2D eigenvalue weighted by Crippen LogP contribution is -2.53. The third-order valence-corrected chi connectivity index (χ3v) is 6.37. The van der Waals surface area contributed by atoms with Crippen molar-refractivity contribution in [3.8, 4) is 0 Å². The molecule has 0 aromatic carbocycles. The molecule has 2 saturated carbocycles. The Kier molecular flexibility index (Phi) is 3.95. The van der Waals surface area contributed by atoms with Crippen LogP contribution < -0.4 is 0 Å². The summed E-state index contributed by atoms with van der Waals surface area (Å²) in [6, 6.07) is 0.850. The molecule has 5 nitrogen and oxygen atoms in total. The van der Waals surface area contributed by atoms with E-state index in [9.17, 15) is 9.59 Å². The molecule has 0 radical (unpaired) electrons. The first kappa shape index (κ1) is 14.6. The fraction of sp³-hybridized carbons (Fsp3) is 0.882. The Morgan fingerprint density at radius 2 is 1.59 bits per heavy atom. The van der Waals surface area contributed by atoms with Crippen molar-refractivity contribution in [3.63, 3.8) is 0 Å². The Balaban J connectivity index is 1.22. The molecule has 4 rings (SSSR count). The van der Waals surface area contributed by atoms with Gasteiger partial charge in [-0.3, -0.25) is 24.3 Å². The second-order valence-electron chi connectivity index (χ2n) is 7.56. The van der Waals surface area contributed by atoms with Gasteiger partial charge in [-0.1, -0.05) is 6.42 Å². The van der Waals surface area contributed by atoms with Gasteiger partial charge < -0.3 is 0 Å². The summed E-state index contributed by atoms with van der Waals surface area (Å²) in [6.07, 6.45) is 6.66. The minimum atomic E-state index is 0.0191. The van der Waals surface area contributed by atoms with Gasteiger partial charge in [-0.05, 0) is 31.1 Å².